The smallest absolute Gasteiger partial charge is 0.412 e. The maximum absolute atomic E-state index is 13.4. The Bertz CT molecular complexity index is 798. The first-order valence-electron chi connectivity index (χ1n) is 9.27. The summed E-state index contributed by atoms with van der Waals surface area (Å²) in [6.07, 6.45) is 1.71. The molecule has 6 heteroatoms. The van der Waals surface area contributed by atoms with Gasteiger partial charge in [-0.05, 0) is 50.3 Å². The molecule has 1 saturated carbocycles. The zero-order valence-electron chi connectivity index (χ0n) is 16.5. The lowest BCUT2D eigenvalue weighted by atomic mass is 9.78. The van der Waals surface area contributed by atoms with E-state index >= 15 is 0 Å². The summed E-state index contributed by atoms with van der Waals surface area (Å²) in [5.74, 6) is 0.747. The molecular formula is C21H27NO5. The van der Waals surface area contributed by atoms with E-state index in [0.29, 0.717) is 23.5 Å². The van der Waals surface area contributed by atoms with Crippen LogP contribution in [0, 0.1) is 25.7 Å². The van der Waals surface area contributed by atoms with E-state index in [9.17, 15) is 9.59 Å². The van der Waals surface area contributed by atoms with E-state index < -0.39 is 6.09 Å². The van der Waals surface area contributed by atoms with Crippen molar-refractivity contribution in [3.05, 3.63) is 34.6 Å². The highest BCUT2D eigenvalue weighted by atomic mass is 16.6. The van der Waals surface area contributed by atoms with Crippen LogP contribution in [0.25, 0.3) is 5.57 Å². The first-order valence-corrected chi connectivity index (χ1v) is 9.27. The molecule has 0 saturated heterocycles. The third-order valence-electron chi connectivity index (χ3n) is 5.62. The van der Waals surface area contributed by atoms with E-state index in [2.05, 4.69) is 5.32 Å². The number of methoxy groups -OCH3 is 2. The van der Waals surface area contributed by atoms with Gasteiger partial charge in [0.05, 0.1) is 18.8 Å². The van der Waals surface area contributed by atoms with Crippen molar-refractivity contribution in [3.8, 4) is 5.75 Å². The Kier molecular flexibility index (Phi) is 5.56. The van der Waals surface area contributed by atoms with Crippen LogP contribution in [0.3, 0.4) is 0 Å². The number of aryl methyl sites for hydroxylation is 2. The van der Waals surface area contributed by atoms with Gasteiger partial charge in [0.25, 0.3) is 0 Å². The van der Waals surface area contributed by atoms with E-state index in [1.807, 2.05) is 26.0 Å². The quantitative estimate of drug-likeness (QED) is 0.876. The molecule has 0 aliphatic heterocycles. The number of nitrogens with one attached hydrogen (secondary N) is 1. The molecular weight excluding hydrogens is 346 g/mol. The molecule has 0 heterocycles. The number of Topliss-reactive ketones (excluding diaryl/α,β-unsaturated/α-hetero) is 1. The van der Waals surface area contributed by atoms with Gasteiger partial charge in [-0.2, -0.15) is 0 Å². The van der Waals surface area contributed by atoms with Gasteiger partial charge in [-0.25, -0.2) is 4.79 Å². The minimum Gasteiger partial charge on any atom is -0.496 e. The number of amides is 1. The fourth-order valence-electron chi connectivity index (χ4n) is 4.38. The van der Waals surface area contributed by atoms with Crippen LogP contribution in [-0.4, -0.2) is 39.2 Å². The zero-order valence-corrected chi connectivity index (χ0v) is 16.5. The molecule has 0 radical (unpaired) electrons. The average Bonchev–Trinajstić information content (AvgIpc) is 2.92. The number of fused-ring (bicyclic) bond motifs is 1. The summed E-state index contributed by atoms with van der Waals surface area (Å²) < 4.78 is 16.7. The Morgan fingerprint density at radius 1 is 1.15 bits per heavy atom. The van der Waals surface area contributed by atoms with Crippen molar-refractivity contribution in [2.75, 3.05) is 21.3 Å². The second kappa shape index (κ2) is 7.72. The molecule has 146 valence electrons. The van der Waals surface area contributed by atoms with Gasteiger partial charge in [-0.15, -0.1) is 0 Å². The molecule has 0 bridgehead atoms. The van der Waals surface area contributed by atoms with Crippen LogP contribution >= 0.6 is 0 Å². The monoisotopic (exact) mass is 373 g/mol. The van der Waals surface area contributed by atoms with Crippen molar-refractivity contribution in [1.82, 2.24) is 5.32 Å². The van der Waals surface area contributed by atoms with Gasteiger partial charge in [0, 0.05) is 31.6 Å². The van der Waals surface area contributed by atoms with Gasteiger partial charge in [0.15, 0.2) is 5.78 Å². The summed E-state index contributed by atoms with van der Waals surface area (Å²) >= 11 is 0. The number of rotatable bonds is 4. The van der Waals surface area contributed by atoms with E-state index in [1.54, 1.807) is 14.2 Å². The van der Waals surface area contributed by atoms with Crippen LogP contribution in [0.5, 0.6) is 5.75 Å². The van der Waals surface area contributed by atoms with E-state index in [1.165, 1.54) is 7.05 Å². The van der Waals surface area contributed by atoms with Crippen molar-refractivity contribution >= 4 is 17.4 Å². The number of hydrogen-bond acceptors (Lipinski definition) is 5. The predicted octanol–water partition coefficient (Wildman–Crippen LogP) is 3.39. The largest absolute Gasteiger partial charge is 0.496 e. The van der Waals surface area contributed by atoms with Crippen LogP contribution in [0.2, 0.25) is 0 Å². The molecule has 27 heavy (non-hydrogen) atoms. The Morgan fingerprint density at radius 2 is 1.89 bits per heavy atom. The fourth-order valence-corrected chi connectivity index (χ4v) is 4.38. The number of carbonyl (C=O) groups is 2. The molecule has 1 aromatic carbocycles. The Balaban J connectivity index is 2.15. The van der Waals surface area contributed by atoms with Crippen molar-refractivity contribution in [3.63, 3.8) is 0 Å². The highest BCUT2D eigenvalue weighted by Crippen LogP contribution is 2.50. The van der Waals surface area contributed by atoms with Crippen LogP contribution in [-0.2, 0) is 14.3 Å². The number of benzene rings is 1. The number of ether oxygens (including phenoxy) is 3. The van der Waals surface area contributed by atoms with Crippen LogP contribution < -0.4 is 10.1 Å². The molecule has 2 aliphatic rings. The van der Waals surface area contributed by atoms with Crippen molar-refractivity contribution in [2.45, 2.75) is 39.2 Å². The summed E-state index contributed by atoms with van der Waals surface area (Å²) in [6.45, 7) is 3.93. The number of alkyl carbamates (subject to hydrolysis) is 1. The number of carbonyl (C=O) groups excluding carboxylic acids is 2. The number of ketones is 1. The van der Waals surface area contributed by atoms with E-state index in [-0.39, 0.29) is 23.7 Å². The number of hydrogen-bond donors (Lipinski definition) is 1. The lowest BCUT2D eigenvalue weighted by Gasteiger charge is -2.30. The normalized spacial score (nSPS) is 24.6. The summed E-state index contributed by atoms with van der Waals surface area (Å²) in [7, 11) is 4.77. The van der Waals surface area contributed by atoms with E-state index in [0.717, 1.165) is 29.5 Å². The lowest BCUT2D eigenvalue weighted by Crippen LogP contribution is -2.31. The second-order valence-electron chi connectivity index (χ2n) is 7.29. The molecule has 0 aromatic heterocycles. The highest BCUT2D eigenvalue weighted by Gasteiger charge is 2.48. The van der Waals surface area contributed by atoms with Crippen LogP contribution in [0.1, 0.15) is 36.0 Å². The van der Waals surface area contributed by atoms with Gasteiger partial charge in [-0.3, -0.25) is 4.79 Å². The third kappa shape index (κ3) is 3.46. The molecule has 2 aliphatic carbocycles. The third-order valence-corrected chi connectivity index (χ3v) is 5.62. The summed E-state index contributed by atoms with van der Waals surface area (Å²) in [5.41, 5.74) is 3.16. The Hall–Kier alpha value is -2.34. The maximum atomic E-state index is 13.4. The molecule has 1 N–H and O–H groups in total. The molecule has 1 aromatic rings. The summed E-state index contributed by atoms with van der Waals surface area (Å²) in [4.78, 5) is 25.4. The average molecular weight is 373 g/mol. The molecule has 3 atom stereocenters. The van der Waals surface area contributed by atoms with Crippen LogP contribution in [0.15, 0.2) is 17.9 Å². The number of allylic oxidation sites excluding steroid dienone is 2. The van der Waals surface area contributed by atoms with Gasteiger partial charge in [0.1, 0.15) is 11.5 Å². The topological polar surface area (TPSA) is 73.9 Å². The minimum atomic E-state index is -0.562. The predicted molar refractivity (Wildman–Crippen MR) is 102 cm³/mol. The van der Waals surface area contributed by atoms with Crippen molar-refractivity contribution in [1.29, 1.82) is 0 Å². The first kappa shape index (κ1) is 19.4. The molecule has 0 spiro atoms. The van der Waals surface area contributed by atoms with Gasteiger partial charge in [-0.1, -0.05) is 6.07 Å². The van der Waals surface area contributed by atoms with Crippen LogP contribution in [0.4, 0.5) is 4.79 Å². The van der Waals surface area contributed by atoms with Crippen molar-refractivity contribution in [2.24, 2.45) is 11.8 Å². The lowest BCUT2D eigenvalue weighted by molar-refractivity contribution is -0.120. The van der Waals surface area contributed by atoms with Crippen molar-refractivity contribution < 1.29 is 23.8 Å². The molecule has 6 nitrogen and oxygen atoms in total. The van der Waals surface area contributed by atoms with Gasteiger partial charge >= 0.3 is 6.09 Å². The first-order chi connectivity index (χ1) is 12.9. The maximum Gasteiger partial charge on any atom is 0.412 e. The molecule has 1 fully saturated rings. The highest BCUT2D eigenvalue weighted by molar-refractivity contribution is 6.26. The molecule has 3 rings (SSSR count). The second-order valence-corrected chi connectivity index (χ2v) is 7.29. The van der Waals surface area contributed by atoms with Gasteiger partial charge < -0.3 is 19.5 Å². The standard InChI is InChI=1S/C21H27NO5/c1-11-8-12(2)17(16(9-11)26-5)18-19(23)15-10-13(25-4)6-7-14(15)20(18)27-21(24)22-3/h8-9,13-15H,6-7,10H2,1-5H3,(H,22,24). The molecule has 1 amide bonds. The molecule has 3 unspecified atom stereocenters. The van der Waals surface area contributed by atoms with E-state index in [4.69, 9.17) is 14.2 Å². The fraction of sp³-hybridized carbons (Fsp3) is 0.524. The minimum absolute atomic E-state index is 0.00547. The van der Waals surface area contributed by atoms with Gasteiger partial charge in [0.2, 0.25) is 0 Å². The zero-order chi connectivity index (χ0) is 19.7. The Labute approximate surface area is 159 Å². The SMILES string of the molecule is CNC(=O)OC1=C(c2c(C)cc(C)cc2OC)C(=O)C2CC(OC)CCC12. The Morgan fingerprint density at radius 3 is 2.52 bits per heavy atom. The summed E-state index contributed by atoms with van der Waals surface area (Å²) in [5, 5.41) is 2.48. The summed E-state index contributed by atoms with van der Waals surface area (Å²) in [6, 6.07) is 3.91.